The van der Waals surface area contributed by atoms with Crippen molar-refractivity contribution >= 4 is 45.0 Å². The second-order valence-electron chi connectivity index (χ2n) is 14.5. The summed E-state index contributed by atoms with van der Waals surface area (Å²) < 4.78 is 28.8. The molecule has 2 unspecified atom stereocenters. The first kappa shape index (κ1) is 31.3. The van der Waals surface area contributed by atoms with Crippen molar-refractivity contribution in [1.82, 2.24) is 30.1 Å². The largest absolute Gasteiger partial charge is 0.461 e. The highest BCUT2D eigenvalue weighted by molar-refractivity contribution is 6.36. The highest BCUT2D eigenvalue weighted by Gasteiger charge is 2.49. The first-order valence-corrected chi connectivity index (χ1v) is 18.1. The number of piperazine rings is 1. The maximum atomic E-state index is 16.9. The molecule has 2 aromatic heterocycles. The number of carbonyl (C=O) groups is 1. The summed E-state index contributed by atoms with van der Waals surface area (Å²) in [5.74, 6) is 0.626. The number of rotatable bonds is 7. The van der Waals surface area contributed by atoms with Gasteiger partial charge in [-0.3, -0.25) is 14.7 Å². The molecule has 4 atom stereocenters. The minimum absolute atomic E-state index is 0.175. The Morgan fingerprint density at radius 2 is 1.86 bits per heavy atom. The van der Waals surface area contributed by atoms with E-state index in [-0.39, 0.29) is 34.6 Å². The molecule has 0 aliphatic carbocycles. The fourth-order valence-electron chi connectivity index (χ4n) is 9.15. The molecule has 5 fully saturated rings. The second kappa shape index (κ2) is 12.6. The van der Waals surface area contributed by atoms with Crippen LogP contribution in [0.15, 0.2) is 42.6 Å². The van der Waals surface area contributed by atoms with Gasteiger partial charge in [0.25, 0.3) is 0 Å². The van der Waals surface area contributed by atoms with Gasteiger partial charge in [-0.15, -0.1) is 0 Å². The highest BCUT2D eigenvalue weighted by atomic mass is 35.5. The van der Waals surface area contributed by atoms with Gasteiger partial charge in [0.05, 0.1) is 24.1 Å². The number of fused-ring (bicyclic) bond motifs is 5. The summed E-state index contributed by atoms with van der Waals surface area (Å²) in [4.78, 5) is 34.2. The summed E-state index contributed by atoms with van der Waals surface area (Å²) in [6.07, 6.45) is 7.42. The van der Waals surface area contributed by atoms with Crippen molar-refractivity contribution in [2.24, 2.45) is 5.92 Å². The predicted octanol–water partition coefficient (Wildman–Crippen LogP) is 5.06. The van der Waals surface area contributed by atoms with Crippen LogP contribution >= 0.6 is 11.6 Å². The van der Waals surface area contributed by atoms with E-state index in [0.29, 0.717) is 73.2 Å². The molecule has 4 aromatic rings. The van der Waals surface area contributed by atoms with Crippen molar-refractivity contribution in [1.29, 1.82) is 0 Å². The van der Waals surface area contributed by atoms with Gasteiger partial charge in [0.15, 0.2) is 5.82 Å². The lowest BCUT2D eigenvalue weighted by atomic mass is 9.89. The molecular formula is C37H41ClFN7O3. The molecule has 0 radical (unpaired) electrons. The molecule has 5 aliphatic heterocycles. The number of nitrogens with zero attached hydrogens (tertiary/aromatic N) is 6. The van der Waals surface area contributed by atoms with Gasteiger partial charge in [-0.1, -0.05) is 41.9 Å². The Kier molecular flexibility index (Phi) is 8.06. The van der Waals surface area contributed by atoms with Crippen LogP contribution in [0.4, 0.5) is 10.2 Å². The second-order valence-corrected chi connectivity index (χ2v) is 14.9. The van der Waals surface area contributed by atoms with Crippen molar-refractivity contribution in [2.45, 2.75) is 56.1 Å². The van der Waals surface area contributed by atoms with E-state index in [1.165, 1.54) is 0 Å². The molecule has 2 aromatic carbocycles. The lowest BCUT2D eigenvalue weighted by molar-refractivity contribution is -0.136. The van der Waals surface area contributed by atoms with Crippen LogP contribution in [0.25, 0.3) is 32.9 Å². The number of anilines is 1. The Balaban J connectivity index is 1.05. The van der Waals surface area contributed by atoms with Gasteiger partial charge in [-0.05, 0) is 56.0 Å². The Labute approximate surface area is 289 Å². The molecule has 256 valence electrons. The molecule has 12 heteroatoms. The third-order valence-corrected chi connectivity index (χ3v) is 11.8. The van der Waals surface area contributed by atoms with E-state index in [4.69, 9.17) is 31.0 Å². The zero-order valence-corrected chi connectivity index (χ0v) is 28.3. The molecule has 5 saturated heterocycles. The van der Waals surface area contributed by atoms with Crippen LogP contribution in [0.2, 0.25) is 5.02 Å². The van der Waals surface area contributed by atoms with Crippen LogP contribution in [-0.2, 0) is 9.53 Å². The lowest BCUT2D eigenvalue weighted by Gasteiger charge is -2.34. The number of hydrogen-bond donors (Lipinski definition) is 1. The van der Waals surface area contributed by atoms with Crippen LogP contribution in [-0.4, -0.2) is 107 Å². The normalized spacial score (nSPS) is 26.9. The number of nitrogens with one attached hydrogen (secondary N) is 1. The fourth-order valence-corrected chi connectivity index (χ4v) is 9.43. The Hall–Kier alpha value is -3.64. The minimum atomic E-state index is -0.514. The van der Waals surface area contributed by atoms with E-state index < -0.39 is 5.82 Å². The predicted molar refractivity (Wildman–Crippen MR) is 187 cm³/mol. The van der Waals surface area contributed by atoms with Crippen LogP contribution in [0.5, 0.6) is 6.01 Å². The average molecular weight is 686 g/mol. The third-order valence-electron chi connectivity index (χ3n) is 11.5. The van der Waals surface area contributed by atoms with Crippen LogP contribution in [0.3, 0.4) is 0 Å². The topological polar surface area (TPSA) is 96.0 Å². The molecule has 0 saturated carbocycles. The van der Waals surface area contributed by atoms with E-state index in [1.807, 2.05) is 41.3 Å². The number of halogens is 2. The summed E-state index contributed by atoms with van der Waals surface area (Å²) in [6.45, 7) is 6.37. The van der Waals surface area contributed by atoms with Crippen molar-refractivity contribution < 1.29 is 18.7 Å². The monoisotopic (exact) mass is 685 g/mol. The van der Waals surface area contributed by atoms with Gasteiger partial charge < -0.3 is 24.6 Å². The van der Waals surface area contributed by atoms with Gasteiger partial charge in [-0.2, -0.15) is 9.97 Å². The molecule has 49 heavy (non-hydrogen) atoms. The molecule has 9 rings (SSSR count). The highest BCUT2D eigenvalue weighted by Crippen LogP contribution is 2.44. The van der Waals surface area contributed by atoms with Crippen molar-refractivity contribution in [3.05, 3.63) is 53.4 Å². The van der Waals surface area contributed by atoms with Crippen molar-refractivity contribution in [2.75, 3.05) is 64.0 Å². The first-order valence-electron chi connectivity index (χ1n) is 17.7. The minimum Gasteiger partial charge on any atom is -0.461 e. The molecule has 2 bridgehead atoms. The first-order chi connectivity index (χ1) is 23.9. The summed E-state index contributed by atoms with van der Waals surface area (Å²) in [5.41, 5.74) is 0.825. The van der Waals surface area contributed by atoms with Crippen LogP contribution in [0, 0.1) is 11.7 Å². The Bertz CT molecular complexity index is 1910. The molecular weight excluding hydrogens is 645 g/mol. The average Bonchev–Trinajstić information content (AvgIpc) is 3.78. The van der Waals surface area contributed by atoms with E-state index >= 15 is 4.39 Å². The molecule has 10 nitrogen and oxygen atoms in total. The maximum Gasteiger partial charge on any atom is 0.319 e. The zero-order valence-electron chi connectivity index (χ0n) is 27.5. The quantitative estimate of drug-likeness (QED) is 0.287. The van der Waals surface area contributed by atoms with E-state index in [2.05, 4.69) is 20.1 Å². The van der Waals surface area contributed by atoms with Crippen molar-refractivity contribution in [3.63, 3.8) is 0 Å². The number of morpholine rings is 1. The number of pyridine rings is 1. The van der Waals surface area contributed by atoms with E-state index in [9.17, 15) is 4.79 Å². The third kappa shape index (κ3) is 5.68. The zero-order chi connectivity index (χ0) is 33.1. The van der Waals surface area contributed by atoms with Gasteiger partial charge in [0.2, 0.25) is 5.91 Å². The fraction of sp³-hybridized carbons (Fsp3) is 0.514. The van der Waals surface area contributed by atoms with E-state index in [0.717, 1.165) is 69.1 Å². The van der Waals surface area contributed by atoms with Gasteiger partial charge in [0.1, 0.15) is 23.6 Å². The number of aromatic nitrogens is 3. The van der Waals surface area contributed by atoms with E-state index in [1.54, 1.807) is 6.20 Å². The summed E-state index contributed by atoms with van der Waals surface area (Å²) in [7, 11) is 0. The summed E-state index contributed by atoms with van der Waals surface area (Å²) >= 11 is 6.65. The molecule has 0 spiro atoms. The molecule has 1 amide bonds. The summed E-state index contributed by atoms with van der Waals surface area (Å²) in [5, 5.41) is 6.47. The number of benzene rings is 2. The number of ether oxygens (including phenoxy) is 2. The Morgan fingerprint density at radius 1 is 1.06 bits per heavy atom. The van der Waals surface area contributed by atoms with Gasteiger partial charge in [-0.25, -0.2) is 4.39 Å². The smallest absolute Gasteiger partial charge is 0.319 e. The molecule has 1 N–H and O–H groups in total. The van der Waals surface area contributed by atoms with Gasteiger partial charge >= 0.3 is 6.01 Å². The SMILES string of the molecule is O=C(C[C@@H]1CN2CCC[C@]2(COc2nc(N3CC4CCC(C3)N4)c3cnc(-c4cccc5cccc(Cl)c45)c(F)c3n2)C1)N1CCOCC1. The maximum absolute atomic E-state index is 16.9. The summed E-state index contributed by atoms with van der Waals surface area (Å²) in [6, 6.07) is 12.3. The number of amides is 1. The van der Waals surface area contributed by atoms with Crippen molar-refractivity contribution in [3.8, 4) is 17.3 Å². The van der Waals surface area contributed by atoms with Gasteiger partial charge in [0, 0.05) is 73.4 Å². The standard InChI is InChI=1S/C37H41ClFN7O3/c38-29-7-2-5-24-4-1-6-27(31(24)29)33-32(39)34-28(18-40-33)35(45-20-25-8-9-26(21-45)41-25)43-36(42-34)49-22-37-10-3-11-46(37)19-23(17-37)16-30(47)44-12-14-48-15-13-44/h1-2,4-7,18,23,25-26,41H,3,8-17,19-22H2/t23-,25?,26?,37+/m0/s1. The Morgan fingerprint density at radius 3 is 2.67 bits per heavy atom. The molecule has 7 heterocycles. The molecule has 5 aliphatic rings. The number of hydrogen-bond acceptors (Lipinski definition) is 9. The lowest BCUT2D eigenvalue weighted by Crippen LogP contribution is -2.51. The van der Waals surface area contributed by atoms with Crippen LogP contribution < -0.4 is 15.0 Å². The number of carbonyl (C=O) groups excluding carboxylic acids is 1. The van der Waals surface area contributed by atoms with Crippen LogP contribution in [0.1, 0.15) is 38.5 Å².